The Labute approximate surface area is 115 Å². The highest BCUT2D eigenvalue weighted by Crippen LogP contribution is 2.25. The molecule has 3 N–H and O–H groups in total. The number of nitrogens with zero attached hydrogens (tertiary/aromatic N) is 1. The summed E-state index contributed by atoms with van der Waals surface area (Å²) in [4.78, 5) is 2.35. The molecule has 2 rings (SSSR count). The SMILES string of the molecule is COc1ccc(C)cc1CN1CCC(O)(CN)CC1. The van der Waals surface area contributed by atoms with E-state index in [0.717, 1.165) is 38.2 Å². The zero-order valence-electron chi connectivity index (χ0n) is 11.9. The van der Waals surface area contributed by atoms with Gasteiger partial charge in [0.15, 0.2) is 0 Å². The van der Waals surface area contributed by atoms with Crippen molar-refractivity contribution in [2.24, 2.45) is 5.73 Å². The summed E-state index contributed by atoms with van der Waals surface area (Å²) in [6, 6.07) is 6.25. The Morgan fingerprint density at radius 2 is 2.05 bits per heavy atom. The first-order valence-electron chi connectivity index (χ1n) is 6.85. The fraction of sp³-hybridized carbons (Fsp3) is 0.600. The summed E-state index contributed by atoms with van der Waals surface area (Å²) < 4.78 is 5.41. The lowest BCUT2D eigenvalue weighted by Crippen LogP contribution is -2.48. The Bertz CT molecular complexity index is 426. The third-order valence-electron chi connectivity index (χ3n) is 4.00. The van der Waals surface area contributed by atoms with E-state index in [2.05, 4.69) is 24.0 Å². The first-order chi connectivity index (χ1) is 9.06. The Balaban J connectivity index is 2.01. The Kier molecular flexibility index (Phi) is 4.45. The summed E-state index contributed by atoms with van der Waals surface area (Å²) in [5.74, 6) is 0.935. The first-order valence-corrected chi connectivity index (χ1v) is 6.85. The molecule has 1 heterocycles. The minimum Gasteiger partial charge on any atom is -0.496 e. The molecule has 1 aliphatic rings. The fourth-order valence-electron chi connectivity index (χ4n) is 2.60. The molecule has 19 heavy (non-hydrogen) atoms. The zero-order valence-corrected chi connectivity index (χ0v) is 11.9. The van der Waals surface area contributed by atoms with E-state index in [0.29, 0.717) is 6.54 Å². The number of ether oxygens (including phenoxy) is 1. The minimum absolute atomic E-state index is 0.356. The van der Waals surface area contributed by atoms with Crippen molar-refractivity contribution in [2.75, 3.05) is 26.7 Å². The second kappa shape index (κ2) is 5.90. The number of likely N-dealkylation sites (tertiary alicyclic amines) is 1. The van der Waals surface area contributed by atoms with E-state index in [1.165, 1.54) is 11.1 Å². The zero-order chi connectivity index (χ0) is 13.9. The summed E-state index contributed by atoms with van der Waals surface area (Å²) in [7, 11) is 1.71. The average Bonchev–Trinajstić information content (AvgIpc) is 2.42. The lowest BCUT2D eigenvalue weighted by Gasteiger charge is -2.37. The predicted molar refractivity (Wildman–Crippen MR) is 76.2 cm³/mol. The van der Waals surface area contributed by atoms with E-state index < -0.39 is 5.60 Å². The molecule has 4 nitrogen and oxygen atoms in total. The van der Waals surface area contributed by atoms with Crippen LogP contribution >= 0.6 is 0 Å². The molecule has 0 spiro atoms. The molecule has 0 bridgehead atoms. The summed E-state index contributed by atoms with van der Waals surface area (Å²) >= 11 is 0. The molecule has 1 aliphatic heterocycles. The van der Waals surface area contributed by atoms with Gasteiger partial charge in [0.25, 0.3) is 0 Å². The van der Waals surface area contributed by atoms with Gasteiger partial charge in [-0.15, -0.1) is 0 Å². The normalized spacial score (nSPS) is 19.4. The van der Waals surface area contributed by atoms with Crippen LogP contribution < -0.4 is 10.5 Å². The van der Waals surface area contributed by atoms with E-state index in [-0.39, 0.29) is 0 Å². The van der Waals surface area contributed by atoms with Crippen LogP contribution in [0.2, 0.25) is 0 Å². The van der Waals surface area contributed by atoms with Crippen molar-refractivity contribution in [3.8, 4) is 5.75 Å². The molecule has 4 heteroatoms. The van der Waals surface area contributed by atoms with Crippen LogP contribution in [0.5, 0.6) is 5.75 Å². The Morgan fingerprint density at radius 3 is 2.63 bits per heavy atom. The summed E-state index contributed by atoms with van der Waals surface area (Å²) in [5, 5.41) is 10.1. The van der Waals surface area contributed by atoms with Crippen LogP contribution in [0.15, 0.2) is 18.2 Å². The smallest absolute Gasteiger partial charge is 0.123 e. The van der Waals surface area contributed by atoms with Gasteiger partial charge in [-0.3, -0.25) is 4.90 Å². The van der Waals surface area contributed by atoms with Crippen molar-refractivity contribution >= 4 is 0 Å². The van der Waals surface area contributed by atoms with Crippen LogP contribution in [-0.4, -0.2) is 42.4 Å². The molecule has 0 atom stereocenters. The van der Waals surface area contributed by atoms with Gasteiger partial charge in [0.05, 0.1) is 12.7 Å². The van der Waals surface area contributed by atoms with Crippen LogP contribution in [0.25, 0.3) is 0 Å². The summed E-state index contributed by atoms with van der Waals surface area (Å²) in [6.07, 6.45) is 1.50. The van der Waals surface area contributed by atoms with Gasteiger partial charge >= 0.3 is 0 Å². The van der Waals surface area contributed by atoms with Gasteiger partial charge < -0.3 is 15.6 Å². The Hall–Kier alpha value is -1.10. The van der Waals surface area contributed by atoms with Crippen molar-refractivity contribution in [1.82, 2.24) is 4.90 Å². The van der Waals surface area contributed by atoms with Gasteiger partial charge in [0.1, 0.15) is 5.75 Å². The van der Waals surface area contributed by atoms with Gasteiger partial charge in [-0.05, 0) is 25.8 Å². The Morgan fingerprint density at radius 1 is 1.37 bits per heavy atom. The highest BCUT2D eigenvalue weighted by molar-refractivity contribution is 5.36. The average molecular weight is 264 g/mol. The first kappa shape index (κ1) is 14.3. The van der Waals surface area contributed by atoms with E-state index in [1.807, 2.05) is 6.07 Å². The molecule has 0 unspecified atom stereocenters. The lowest BCUT2D eigenvalue weighted by molar-refractivity contribution is -0.0154. The van der Waals surface area contributed by atoms with Gasteiger partial charge in [0.2, 0.25) is 0 Å². The second-order valence-corrected chi connectivity index (χ2v) is 5.52. The van der Waals surface area contributed by atoms with Crippen LogP contribution in [0.1, 0.15) is 24.0 Å². The van der Waals surface area contributed by atoms with Crippen molar-refractivity contribution in [3.63, 3.8) is 0 Å². The largest absolute Gasteiger partial charge is 0.496 e. The number of aryl methyl sites for hydroxylation is 1. The van der Waals surface area contributed by atoms with Gasteiger partial charge in [-0.1, -0.05) is 17.7 Å². The topological polar surface area (TPSA) is 58.7 Å². The van der Waals surface area contributed by atoms with Gasteiger partial charge in [-0.2, -0.15) is 0 Å². The maximum Gasteiger partial charge on any atom is 0.123 e. The molecule has 1 fully saturated rings. The maximum atomic E-state index is 10.1. The molecule has 0 aliphatic carbocycles. The third kappa shape index (κ3) is 3.47. The molecule has 0 radical (unpaired) electrons. The molecule has 1 saturated heterocycles. The van der Waals surface area contributed by atoms with Crippen molar-refractivity contribution in [2.45, 2.75) is 31.9 Å². The number of nitrogens with two attached hydrogens (primary N) is 1. The molecule has 0 amide bonds. The molecular formula is C15H24N2O2. The van der Waals surface area contributed by atoms with Gasteiger partial charge in [0, 0.05) is 31.7 Å². The number of hydrogen-bond acceptors (Lipinski definition) is 4. The van der Waals surface area contributed by atoms with Crippen LogP contribution in [0.4, 0.5) is 0 Å². The number of rotatable bonds is 4. The highest BCUT2D eigenvalue weighted by atomic mass is 16.5. The second-order valence-electron chi connectivity index (χ2n) is 5.52. The summed E-state index contributed by atoms with van der Waals surface area (Å²) in [5.41, 5.74) is 7.40. The van der Waals surface area contributed by atoms with Crippen LogP contribution in [0, 0.1) is 6.92 Å². The van der Waals surface area contributed by atoms with Crippen molar-refractivity contribution in [3.05, 3.63) is 29.3 Å². The van der Waals surface area contributed by atoms with E-state index >= 15 is 0 Å². The van der Waals surface area contributed by atoms with E-state index in [9.17, 15) is 5.11 Å². The molecule has 0 aromatic heterocycles. The molecule has 106 valence electrons. The summed E-state index contributed by atoms with van der Waals surface area (Å²) in [6.45, 7) is 5.07. The number of hydrogen-bond donors (Lipinski definition) is 2. The van der Waals surface area contributed by atoms with Crippen molar-refractivity contribution in [1.29, 1.82) is 0 Å². The minimum atomic E-state index is -0.660. The fourth-order valence-corrected chi connectivity index (χ4v) is 2.60. The number of methoxy groups -OCH3 is 1. The predicted octanol–water partition coefficient (Wildman–Crippen LogP) is 1.29. The molecule has 0 saturated carbocycles. The van der Waals surface area contributed by atoms with E-state index in [4.69, 9.17) is 10.5 Å². The van der Waals surface area contributed by atoms with Crippen LogP contribution in [0.3, 0.4) is 0 Å². The standard InChI is InChI=1S/C15H24N2O2/c1-12-3-4-14(19-2)13(9-12)10-17-7-5-15(18,11-16)6-8-17/h3-4,9,18H,5-8,10-11,16H2,1-2H3. The number of piperidine rings is 1. The van der Waals surface area contributed by atoms with Gasteiger partial charge in [-0.25, -0.2) is 0 Å². The quantitative estimate of drug-likeness (QED) is 0.860. The van der Waals surface area contributed by atoms with Crippen LogP contribution in [-0.2, 0) is 6.54 Å². The maximum absolute atomic E-state index is 10.1. The lowest BCUT2D eigenvalue weighted by atomic mass is 9.91. The highest BCUT2D eigenvalue weighted by Gasteiger charge is 2.30. The van der Waals surface area contributed by atoms with Crippen molar-refractivity contribution < 1.29 is 9.84 Å². The molecule has 1 aromatic rings. The van der Waals surface area contributed by atoms with E-state index in [1.54, 1.807) is 7.11 Å². The number of aliphatic hydroxyl groups is 1. The molecular weight excluding hydrogens is 240 g/mol. The monoisotopic (exact) mass is 264 g/mol. The number of benzene rings is 1. The molecule has 1 aromatic carbocycles. The third-order valence-corrected chi connectivity index (χ3v) is 4.00.